The van der Waals surface area contributed by atoms with Gasteiger partial charge in [-0.3, -0.25) is 9.10 Å². The van der Waals surface area contributed by atoms with Crippen molar-refractivity contribution in [3.8, 4) is 0 Å². The highest BCUT2D eigenvalue weighted by molar-refractivity contribution is 7.92. The molecule has 0 heterocycles. The van der Waals surface area contributed by atoms with Gasteiger partial charge in [0, 0.05) is 5.69 Å². The summed E-state index contributed by atoms with van der Waals surface area (Å²) in [5, 5.41) is 2.92. The lowest BCUT2D eigenvalue weighted by Gasteiger charge is -2.28. The predicted octanol–water partition coefficient (Wildman–Crippen LogP) is 3.66. The SMILES string of the molecule is CCc1cccc(C)c1NC(=O)[C@@H](C)N(c1ccc(C)cc1)S(C)(=O)=O. The topological polar surface area (TPSA) is 66.5 Å². The van der Waals surface area contributed by atoms with Crippen molar-refractivity contribution in [2.75, 3.05) is 15.9 Å². The molecular formula is C20H26N2O3S. The molecule has 0 spiro atoms. The lowest BCUT2D eigenvalue weighted by Crippen LogP contribution is -2.45. The number of benzene rings is 2. The minimum atomic E-state index is -3.62. The van der Waals surface area contributed by atoms with Gasteiger partial charge in [-0.25, -0.2) is 8.42 Å². The van der Waals surface area contributed by atoms with Crippen LogP contribution in [0.2, 0.25) is 0 Å². The molecule has 0 aliphatic carbocycles. The fourth-order valence-electron chi connectivity index (χ4n) is 2.93. The Labute approximate surface area is 156 Å². The monoisotopic (exact) mass is 374 g/mol. The van der Waals surface area contributed by atoms with Crippen molar-refractivity contribution in [1.82, 2.24) is 0 Å². The van der Waals surface area contributed by atoms with Gasteiger partial charge in [0.15, 0.2) is 0 Å². The number of aryl methyl sites for hydroxylation is 3. The van der Waals surface area contributed by atoms with Gasteiger partial charge in [-0.05, 0) is 50.5 Å². The number of hydrogen-bond acceptors (Lipinski definition) is 3. The molecule has 0 saturated heterocycles. The average Bonchev–Trinajstić information content (AvgIpc) is 2.57. The van der Waals surface area contributed by atoms with Crippen molar-refractivity contribution in [1.29, 1.82) is 0 Å². The highest BCUT2D eigenvalue weighted by Gasteiger charge is 2.29. The van der Waals surface area contributed by atoms with E-state index in [1.807, 2.05) is 51.1 Å². The molecule has 26 heavy (non-hydrogen) atoms. The van der Waals surface area contributed by atoms with Gasteiger partial charge in [-0.15, -0.1) is 0 Å². The quantitative estimate of drug-likeness (QED) is 0.839. The molecule has 5 nitrogen and oxygen atoms in total. The number of nitrogens with one attached hydrogen (secondary N) is 1. The average molecular weight is 375 g/mol. The summed E-state index contributed by atoms with van der Waals surface area (Å²) in [5.41, 5.74) is 4.22. The molecule has 2 aromatic carbocycles. The zero-order chi connectivity index (χ0) is 19.5. The highest BCUT2D eigenvalue weighted by Crippen LogP contribution is 2.24. The zero-order valence-corrected chi connectivity index (χ0v) is 16.7. The highest BCUT2D eigenvalue weighted by atomic mass is 32.2. The molecule has 0 fully saturated rings. The first-order chi connectivity index (χ1) is 12.1. The van der Waals surface area contributed by atoms with Crippen LogP contribution < -0.4 is 9.62 Å². The van der Waals surface area contributed by atoms with Gasteiger partial charge in [-0.1, -0.05) is 42.8 Å². The van der Waals surface area contributed by atoms with E-state index in [0.717, 1.165) is 39.4 Å². The number of carbonyl (C=O) groups is 1. The van der Waals surface area contributed by atoms with E-state index in [1.54, 1.807) is 19.1 Å². The third kappa shape index (κ3) is 4.43. The molecule has 1 N–H and O–H groups in total. The maximum Gasteiger partial charge on any atom is 0.248 e. The van der Waals surface area contributed by atoms with Gasteiger partial charge in [0.2, 0.25) is 15.9 Å². The van der Waals surface area contributed by atoms with Crippen molar-refractivity contribution < 1.29 is 13.2 Å². The van der Waals surface area contributed by atoms with Crippen molar-refractivity contribution in [2.45, 2.75) is 40.2 Å². The first-order valence-electron chi connectivity index (χ1n) is 8.60. The van der Waals surface area contributed by atoms with Crippen molar-refractivity contribution in [3.05, 3.63) is 59.2 Å². The van der Waals surface area contributed by atoms with Crippen LogP contribution in [0.15, 0.2) is 42.5 Å². The van der Waals surface area contributed by atoms with E-state index in [9.17, 15) is 13.2 Å². The smallest absolute Gasteiger partial charge is 0.248 e. The van der Waals surface area contributed by atoms with Gasteiger partial charge in [0.05, 0.1) is 11.9 Å². The summed E-state index contributed by atoms with van der Waals surface area (Å²) < 4.78 is 25.9. The van der Waals surface area contributed by atoms with Crippen LogP contribution in [-0.2, 0) is 21.2 Å². The van der Waals surface area contributed by atoms with Crippen molar-refractivity contribution >= 4 is 27.3 Å². The summed E-state index contributed by atoms with van der Waals surface area (Å²) in [6, 6.07) is 12.0. The first kappa shape index (κ1) is 20.0. The third-order valence-corrected chi connectivity index (χ3v) is 5.61. The summed E-state index contributed by atoms with van der Waals surface area (Å²) in [4.78, 5) is 12.8. The minimum absolute atomic E-state index is 0.361. The van der Waals surface area contributed by atoms with E-state index < -0.39 is 16.1 Å². The molecule has 0 unspecified atom stereocenters. The summed E-state index contributed by atoms with van der Waals surface area (Å²) in [7, 11) is -3.62. The number of amides is 1. The summed E-state index contributed by atoms with van der Waals surface area (Å²) in [6.07, 6.45) is 1.89. The summed E-state index contributed by atoms with van der Waals surface area (Å²) >= 11 is 0. The van der Waals surface area contributed by atoms with E-state index in [0.29, 0.717) is 5.69 Å². The van der Waals surface area contributed by atoms with Gasteiger partial charge >= 0.3 is 0 Å². The molecule has 6 heteroatoms. The number of nitrogens with zero attached hydrogens (tertiary/aromatic N) is 1. The Morgan fingerprint density at radius 1 is 1.12 bits per heavy atom. The summed E-state index contributed by atoms with van der Waals surface area (Å²) in [5.74, 6) is -0.361. The molecule has 2 rings (SSSR count). The van der Waals surface area contributed by atoms with Crippen molar-refractivity contribution in [2.24, 2.45) is 0 Å². The number of para-hydroxylation sites is 1. The van der Waals surface area contributed by atoms with Gasteiger partial charge in [0.25, 0.3) is 0 Å². The molecule has 0 bridgehead atoms. The van der Waals surface area contributed by atoms with Crippen LogP contribution >= 0.6 is 0 Å². The maximum atomic E-state index is 12.8. The molecule has 0 aromatic heterocycles. The first-order valence-corrected chi connectivity index (χ1v) is 10.5. The summed E-state index contributed by atoms with van der Waals surface area (Å²) in [6.45, 7) is 7.46. The van der Waals surface area contributed by atoms with Crippen LogP contribution in [0, 0.1) is 13.8 Å². The molecular weight excluding hydrogens is 348 g/mol. The molecule has 0 radical (unpaired) electrons. The second kappa shape index (κ2) is 7.91. The van der Waals surface area contributed by atoms with Crippen LogP contribution in [0.4, 0.5) is 11.4 Å². The van der Waals surface area contributed by atoms with Crippen LogP contribution in [0.1, 0.15) is 30.5 Å². The maximum absolute atomic E-state index is 12.8. The standard InChI is InChI=1S/C20H26N2O3S/c1-6-17-9-7-8-15(3)19(17)21-20(23)16(4)22(26(5,24)25)18-12-10-14(2)11-13-18/h7-13,16H,6H2,1-5H3,(H,21,23)/t16-/m1/s1. The fourth-order valence-corrected chi connectivity index (χ4v) is 4.10. The molecule has 0 saturated carbocycles. The molecule has 1 atom stereocenters. The fraction of sp³-hybridized carbons (Fsp3) is 0.350. The molecule has 2 aromatic rings. The second-order valence-electron chi connectivity index (χ2n) is 6.52. The number of carbonyl (C=O) groups excluding carboxylic acids is 1. The van der Waals surface area contributed by atoms with Crippen LogP contribution in [0.5, 0.6) is 0 Å². The molecule has 0 aliphatic heterocycles. The van der Waals surface area contributed by atoms with Crippen LogP contribution in [0.3, 0.4) is 0 Å². The largest absolute Gasteiger partial charge is 0.324 e. The molecule has 0 aliphatic rings. The Balaban J connectivity index is 2.36. The second-order valence-corrected chi connectivity index (χ2v) is 8.38. The van der Waals surface area contributed by atoms with E-state index in [1.165, 1.54) is 0 Å². The lowest BCUT2D eigenvalue weighted by molar-refractivity contribution is -0.116. The van der Waals surface area contributed by atoms with Crippen LogP contribution in [-0.4, -0.2) is 26.6 Å². The Morgan fingerprint density at radius 2 is 1.73 bits per heavy atom. The zero-order valence-electron chi connectivity index (χ0n) is 15.9. The predicted molar refractivity (Wildman–Crippen MR) is 107 cm³/mol. The Hall–Kier alpha value is -2.34. The van der Waals surface area contributed by atoms with Gasteiger partial charge < -0.3 is 5.32 Å². The van der Waals surface area contributed by atoms with Gasteiger partial charge in [-0.2, -0.15) is 0 Å². The normalized spacial score (nSPS) is 12.5. The number of hydrogen-bond donors (Lipinski definition) is 1. The van der Waals surface area contributed by atoms with Gasteiger partial charge in [0.1, 0.15) is 6.04 Å². The van der Waals surface area contributed by atoms with Crippen molar-refractivity contribution in [3.63, 3.8) is 0 Å². The van der Waals surface area contributed by atoms with E-state index in [-0.39, 0.29) is 5.91 Å². The van der Waals surface area contributed by atoms with E-state index >= 15 is 0 Å². The Morgan fingerprint density at radius 3 is 2.27 bits per heavy atom. The molecule has 1 amide bonds. The lowest BCUT2D eigenvalue weighted by atomic mass is 10.1. The Kier molecular flexibility index (Phi) is 6.08. The third-order valence-electron chi connectivity index (χ3n) is 4.37. The van der Waals surface area contributed by atoms with Crippen LogP contribution in [0.25, 0.3) is 0 Å². The van der Waals surface area contributed by atoms with E-state index in [4.69, 9.17) is 0 Å². The number of sulfonamides is 1. The Bertz CT molecular complexity index is 890. The number of rotatable bonds is 6. The minimum Gasteiger partial charge on any atom is -0.324 e. The van der Waals surface area contributed by atoms with E-state index in [2.05, 4.69) is 5.32 Å². The molecule has 140 valence electrons. The number of anilines is 2.